The van der Waals surface area contributed by atoms with Crippen LogP contribution in [0.2, 0.25) is 0 Å². The summed E-state index contributed by atoms with van der Waals surface area (Å²) < 4.78 is 22.5. The van der Waals surface area contributed by atoms with E-state index in [1.165, 1.54) is 5.56 Å². The molecule has 0 radical (unpaired) electrons. The van der Waals surface area contributed by atoms with Crippen LogP contribution in [-0.2, 0) is 25.3 Å². The lowest BCUT2D eigenvalue weighted by molar-refractivity contribution is 0.0343. The normalized spacial score (nSPS) is 15.7. The summed E-state index contributed by atoms with van der Waals surface area (Å²) in [6, 6.07) is 8.40. The van der Waals surface area contributed by atoms with E-state index < -0.39 is 17.3 Å². The number of unbranched alkanes of at least 4 members (excludes halogenated alkanes) is 1. The molecule has 0 unspecified atom stereocenters. The second-order valence-electron chi connectivity index (χ2n) is 13.1. The molecule has 0 spiro atoms. The molecule has 2 rings (SSSR count). The molecule has 1 heterocycles. The van der Waals surface area contributed by atoms with E-state index in [1.54, 1.807) is 0 Å². The lowest BCUT2D eigenvalue weighted by Gasteiger charge is -2.33. The first-order valence-corrected chi connectivity index (χ1v) is 14.1. The molecule has 0 saturated carbocycles. The molecule has 1 aliphatic heterocycles. The minimum absolute atomic E-state index is 0.0394. The fourth-order valence-electron chi connectivity index (χ4n) is 3.97. The summed E-state index contributed by atoms with van der Waals surface area (Å²) in [5.74, 6) is 0. The van der Waals surface area contributed by atoms with Gasteiger partial charge in [-0.2, -0.15) is 0 Å². The first-order valence-electron chi connectivity index (χ1n) is 14.1. The second kappa shape index (κ2) is 14.9. The number of alkyl carbamates (subject to hydrolysis) is 2. The van der Waals surface area contributed by atoms with Crippen molar-refractivity contribution < 1.29 is 28.4 Å². The molecule has 1 aliphatic rings. The van der Waals surface area contributed by atoms with E-state index in [4.69, 9.17) is 18.8 Å². The van der Waals surface area contributed by atoms with E-state index in [0.29, 0.717) is 26.3 Å². The summed E-state index contributed by atoms with van der Waals surface area (Å²) in [4.78, 5) is 26.2. The third kappa shape index (κ3) is 14.6. The molecule has 0 atom stereocenters. The predicted octanol–water partition coefficient (Wildman–Crippen LogP) is 4.48. The minimum Gasteiger partial charge on any atom is -0.444 e. The van der Waals surface area contributed by atoms with Crippen molar-refractivity contribution in [2.75, 3.05) is 39.4 Å². The Kier molecular flexibility index (Phi) is 12.6. The van der Waals surface area contributed by atoms with E-state index in [-0.39, 0.29) is 18.6 Å². The SMILES string of the molecule is CC1(C)COB(c2ccc(CN(CCCCNC(=O)OC(C)(C)C)CCCNC(=O)OC(C)(C)C)cc2)OC1. The van der Waals surface area contributed by atoms with Gasteiger partial charge in [0, 0.05) is 44.8 Å². The van der Waals surface area contributed by atoms with Crippen molar-refractivity contribution in [1.82, 2.24) is 15.5 Å². The van der Waals surface area contributed by atoms with E-state index in [1.807, 2.05) is 41.5 Å². The van der Waals surface area contributed by atoms with E-state index in [2.05, 4.69) is 53.6 Å². The minimum atomic E-state index is -0.514. The third-order valence-corrected chi connectivity index (χ3v) is 5.80. The van der Waals surface area contributed by atoms with Crippen LogP contribution >= 0.6 is 0 Å². The van der Waals surface area contributed by atoms with Gasteiger partial charge in [-0.1, -0.05) is 38.1 Å². The number of carbonyl (C=O) groups is 2. The molecule has 2 N–H and O–H groups in total. The second-order valence-corrected chi connectivity index (χ2v) is 13.1. The molecule has 2 amide bonds. The fourth-order valence-corrected chi connectivity index (χ4v) is 3.97. The van der Waals surface area contributed by atoms with Gasteiger partial charge in [-0.25, -0.2) is 9.59 Å². The van der Waals surface area contributed by atoms with Gasteiger partial charge in [0.2, 0.25) is 0 Å². The van der Waals surface area contributed by atoms with Crippen molar-refractivity contribution in [3.05, 3.63) is 29.8 Å². The third-order valence-electron chi connectivity index (χ3n) is 5.80. The lowest BCUT2D eigenvalue weighted by atomic mass is 9.75. The summed E-state index contributed by atoms with van der Waals surface area (Å²) in [5.41, 5.74) is 1.24. The van der Waals surface area contributed by atoms with Crippen LogP contribution in [0.15, 0.2) is 24.3 Å². The number of ether oxygens (including phenoxy) is 2. The van der Waals surface area contributed by atoms with E-state index in [9.17, 15) is 9.59 Å². The zero-order valence-electron chi connectivity index (χ0n) is 25.4. The highest BCUT2D eigenvalue weighted by atomic mass is 16.6. The maximum atomic E-state index is 12.0. The number of amides is 2. The summed E-state index contributed by atoms with van der Waals surface area (Å²) in [6.45, 7) is 20.3. The number of rotatable bonds is 12. The van der Waals surface area contributed by atoms with Gasteiger partial charge in [-0.3, -0.25) is 4.90 Å². The number of carbonyl (C=O) groups excluding carboxylic acids is 2. The Morgan fingerprint density at radius 3 is 1.85 bits per heavy atom. The van der Waals surface area contributed by atoms with Gasteiger partial charge < -0.3 is 29.4 Å². The molecule has 1 aromatic carbocycles. The van der Waals surface area contributed by atoms with Crippen molar-refractivity contribution in [2.45, 2.75) is 92.4 Å². The lowest BCUT2D eigenvalue weighted by Crippen LogP contribution is -2.47. The summed E-state index contributed by atoms with van der Waals surface area (Å²) >= 11 is 0. The quantitative estimate of drug-likeness (QED) is 0.294. The van der Waals surface area contributed by atoms with Crippen molar-refractivity contribution in [1.29, 1.82) is 0 Å². The molecule has 1 aromatic rings. The Balaban J connectivity index is 1.85. The number of benzene rings is 1. The van der Waals surface area contributed by atoms with Gasteiger partial charge in [0.1, 0.15) is 11.2 Å². The van der Waals surface area contributed by atoms with Crippen LogP contribution in [0.5, 0.6) is 0 Å². The predicted molar refractivity (Wildman–Crippen MR) is 155 cm³/mol. The van der Waals surface area contributed by atoms with E-state index >= 15 is 0 Å². The summed E-state index contributed by atoms with van der Waals surface area (Å²) in [5, 5.41) is 5.66. The smallest absolute Gasteiger partial charge is 0.444 e. The standard InChI is InChI=1S/C29H50BN3O6/c1-27(2,3)38-25(34)31-16-9-10-18-33(19-11-17-32-26(35)39-28(4,5)6)20-23-12-14-24(15-13-23)30-36-21-29(7,8)22-37-30/h12-15H,9-11,16-22H2,1-8H3,(H,31,34)(H,32,35). The average molecular weight is 548 g/mol. The van der Waals surface area contributed by atoms with Crippen LogP contribution < -0.4 is 16.1 Å². The number of nitrogens with zero attached hydrogens (tertiary/aromatic N) is 1. The van der Waals surface area contributed by atoms with Gasteiger partial charge in [-0.05, 0) is 78.4 Å². The first-order chi connectivity index (χ1) is 18.1. The maximum absolute atomic E-state index is 12.0. The first kappa shape index (κ1) is 32.9. The molecule has 10 heteroatoms. The zero-order chi connectivity index (χ0) is 29.1. The van der Waals surface area contributed by atoms with E-state index in [0.717, 1.165) is 44.4 Å². The van der Waals surface area contributed by atoms with Gasteiger partial charge in [0.25, 0.3) is 0 Å². The Hall–Kier alpha value is -2.30. The molecule has 1 saturated heterocycles. The highest BCUT2D eigenvalue weighted by molar-refractivity contribution is 6.61. The number of nitrogens with one attached hydrogen (secondary N) is 2. The molecular formula is C29H50BN3O6. The average Bonchev–Trinajstić information content (AvgIpc) is 2.79. The van der Waals surface area contributed by atoms with Crippen LogP contribution in [0, 0.1) is 5.41 Å². The zero-order valence-corrected chi connectivity index (χ0v) is 25.4. The Labute approximate surface area is 235 Å². The van der Waals surface area contributed by atoms with Gasteiger partial charge >= 0.3 is 19.3 Å². The number of hydrogen-bond donors (Lipinski definition) is 2. The summed E-state index contributed by atoms with van der Waals surface area (Å²) in [6.07, 6.45) is 1.79. The number of hydrogen-bond acceptors (Lipinski definition) is 7. The van der Waals surface area contributed by atoms with Crippen LogP contribution in [0.1, 0.15) is 80.2 Å². The highest BCUT2D eigenvalue weighted by Gasteiger charge is 2.33. The van der Waals surface area contributed by atoms with Gasteiger partial charge in [0.15, 0.2) is 0 Å². The van der Waals surface area contributed by atoms with Crippen LogP contribution in [-0.4, -0.2) is 74.8 Å². The molecular weight excluding hydrogens is 497 g/mol. The van der Waals surface area contributed by atoms with Crippen molar-refractivity contribution in [3.8, 4) is 0 Å². The van der Waals surface area contributed by atoms with Crippen molar-refractivity contribution in [2.24, 2.45) is 5.41 Å². The molecule has 1 fully saturated rings. The van der Waals surface area contributed by atoms with Crippen molar-refractivity contribution >= 4 is 24.8 Å². The monoisotopic (exact) mass is 547 g/mol. The summed E-state index contributed by atoms with van der Waals surface area (Å²) in [7, 11) is -0.320. The molecule has 39 heavy (non-hydrogen) atoms. The molecule has 9 nitrogen and oxygen atoms in total. The van der Waals surface area contributed by atoms with Crippen LogP contribution in [0.3, 0.4) is 0 Å². The molecule has 220 valence electrons. The Morgan fingerprint density at radius 1 is 0.846 bits per heavy atom. The molecule has 0 bridgehead atoms. The van der Waals surface area contributed by atoms with Gasteiger partial charge in [0.05, 0.1) is 0 Å². The molecule has 0 aromatic heterocycles. The maximum Gasteiger partial charge on any atom is 0.493 e. The van der Waals surface area contributed by atoms with Crippen molar-refractivity contribution in [3.63, 3.8) is 0 Å². The van der Waals surface area contributed by atoms with Crippen LogP contribution in [0.25, 0.3) is 0 Å². The Morgan fingerprint density at radius 2 is 1.33 bits per heavy atom. The van der Waals surface area contributed by atoms with Gasteiger partial charge in [-0.15, -0.1) is 0 Å². The fraction of sp³-hybridized carbons (Fsp3) is 0.724. The molecule has 0 aliphatic carbocycles. The largest absolute Gasteiger partial charge is 0.493 e. The topological polar surface area (TPSA) is 98.4 Å². The highest BCUT2D eigenvalue weighted by Crippen LogP contribution is 2.21. The Bertz CT molecular complexity index is 886. The van der Waals surface area contributed by atoms with Crippen LogP contribution in [0.4, 0.5) is 9.59 Å².